The molecule has 2 fully saturated rings. The van der Waals surface area contributed by atoms with E-state index in [0.717, 1.165) is 44.2 Å². The predicted octanol–water partition coefficient (Wildman–Crippen LogP) is 2.64. The Morgan fingerprint density at radius 3 is 2.37 bits per heavy atom. The first-order valence-electron chi connectivity index (χ1n) is 8.03. The Bertz CT molecular complexity index is 308. The van der Waals surface area contributed by atoms with Gasteiger partial charge in [-0.3, -0.25) is 4.79 Å². The van der Waals surface area contributed by atoms with Crippen LogP contribution in [0.5, 0.6) is 0 Å². The highest BCUT2D eigenvalue weighted by molar-refractivity contribution is 5.79. The number of nitrogens with zero attached hydrogens (tertiary/aromatic N) is 1. The summed E-state index contributed by atoms with van der Waals surface area (Å²) in [5.41, 5.74) is 6.05. The summed E-state index contributed by atoms with van der Waals surface area (Å²) in [6.45, 7) is 8.73. The van der Waals surface area contributed by atoms with Crippen molar-refractivity contribution in [1.82, 2.24) is 4.90 Å². The van der Waals surface area contributed by atoms with Gasteiger partial charge in [0, 0.05) is 25.0 Å². The summed E-state index contributed by atoms with van der Waals surface area (Å²) in [7, 11) is 0. The lowest BCUT2D eigenvalue weighted by Gasteiger charge is -2.39. The molecule has 0 radical (unpaired) electrons. The quantitative estimate of drug-likeness (QED) is 0.835. The number of piperidine rings is 1. The van der Waals surface area contributed by atoms with E-state index in [2.05, 4.69) is 25.7 Å². The van der Waals surface area contributed by atoms with Gasteiger partial charge < -0.3 is 10.6 Å². The van der Waals surface area contributed by atoms with Crippen molar-refractivity contribution in [2.75, 3.05) is 13.1 Å². The largest absolute Gasteiger partial charge is 0.342 e. The average Bonchev–Trinajstić information content (AvgIpc) is 2.41. The van der Waals surface area contributed by atoms with Gasteiger partial charge in [-0.15, -0.1) is 0 Å². The van der Waals surface area contributed by atoms with E-state index in [-0.39, 0.29) is 12.0 Å². The second-order valence-electron chi connectivity index (χ2n) is 7.06. The Hall–Kier alpha value is -0.570. The molecular formula is C16H30N2O. The van der Waals surface area contributed by atoms with Crippen LogP contribution in [0, 0.1) is 23.7 Å². The molecule has 0 spiro atoms. The molecule has 1 saturated heterocycles. The molecule has 1 heterocycles. The Labute approximate surface area is 117 Å². The summed E-state index contributed by atoms with van der Waals surface area (Å²) in [5.74, 6) is 2.62. The first-order chi connectivity index (χ1) is 8.99. The SMILES string of the molecule is CC(C)C1CCN(C(=O)C2CC(N)CCC2C)CC1. The van der Waals surface area contributed by atoms with E-state index in [9.17, 15) is 4.79 Å². The van der Waals surface area contributed by atoms with E-state index in [0.29, 0.717) is 11.8 Å². The number of hydrogen-bond acceptors (Lipinski definition) is 2. The van der Waals surface area contributed by atoms with Gasteiger partial charge in [0.1, 0.15) is 0 Å². The molecule has 110 valence electrons. The molecule has 0 aromatic rings. The molecule has 3 nitrogen and oxygen atoms in total. The zero-order valence-corrected chi connectivity index (χ0v) is 12.8. The van der Waals surface area contributed by atoms with Gasteiger partial charge in [0.05, 0.1) is 0 Å². The second kappa shape index (κ2) is 6.25. The minimum atomic E-state index is 0.180. The molecule has 0 aromatic carbocycles. The number of carbonyl (C=O) groups is 1. The molecule has 1 aliphatic carbocycles. The van der Waals surface area contributed by atoms with E-state index in [1.807, 2.05) is 0 Å². The molecule has 1 saturated carbocycles. The molecule has 19 heavy (non-hydrogen) atoms. The van der Waals surface area contributed by atoms with Crippen molar-refractivity contribution in [1.29, 1.82) is 0 Å². The summed E-state index contributed by atoms with van der Waals surface area (Å²) in [5, 5.41) is 0. The summed E-state index contributed by atoms with van der Waals surface area (Å²) in [6.07, 6.45) is 5.44. The minimum absolute atomic E-state index is 0.180. The van der Waals surface area contributed by atoms with Crippen LogP contribution in [0.1, 0.15) is 52.9 Å². The van der Waals surface area contributed by atoms with Gasteiger partial charge in [0.25, 0.3) is 0 Å². The third-order valence-corrected chi connectivity index (χ3v) is 5.35. The van der Waals surface area contributed by atoms with Crippen LogP contribution in [-0.4, -0.2) is 29.9 Å². The molecule has 3 unspecified atom stereocenters. The molecule has 0 aromatic heterocycles. The lowest BCUT2D eigenvalue weighted by atomic mass is 9.77. The van der Waals surface area contributed by atoms with Gasteiger partial charge in [0.15, 0.2) is 0 Å². The van der Waals surface area contributed by atoms with Crippen molar-refractivity contribution in [2.24, 2.45) is 29.4 Å². The molecule has 3 heteroatoms. The van der Waals surface area contributed by atoms with Crippen molar-refractivity contribution in [3.8, 4) is 0 Å². The van der Waals surface area contributed by atoms with E-state index in [1.54, 1.807) is 0 Å². The fraction of sp³-hybridized carbons (Fsp3) is 0.938. The van der Waals surface area contributed by atoms with Crippen molar-refractivity contribution in [2.45, 2.75) is 58.9 Å². The Morgan fingerprint density at radius 1 is 1.16 bits per heavy atom. The maximum Gasteiger partial charge on any atom is 0.226 e. The Balaban J connectivity index is 1.90. The Kier molecular flexibility index (Phi) is 4.88. The number of hydrogen-bond donors (Lipinski definition) is 1. The van der Waals surface area contributed by atoms with E-state index in [4.69, 9.17) is 5.73 Å². The second-order valence-corrected chi connectivity index (χ2v) is 7.06. The van der Waals surface area contributed by atoms with Crippen molar-refractivity contribution < 1.29 is 4.79 Å². The smallest absolute Gasteiger partial charge is 0.226 e. The zero-order chi connectivity index (χ0) is 14.0. The van der Waals surface area contributed by atoms with Gasteiger partial charge in [-0.05, 0) is 49.9 Å². The fourth-order valence-electron chi connectivity index (χ4n) is 3.72. The molecule has 3 atom stereocenters. The van der Waals surface area contributed by atoms with Crippen molar-refractivity contribution in [3.05, 3.63) is 0 Å². The summed E-state index contributed by atoms with van der Waals surface area (Å²) >= 11 is 0. The first kappa shape index (κ1) is 14.8. The van der Waals surface area contributed by atoms with Crippen LogP contribution in [0.15, 0.2) is 0 Å². The highest BCUT2D eigenvalue weighted by Gasteiger charge is 2.35. The number of rotatable bonds is 2. The number of carbonyl (C=O) groups excluding carboxylic acids is 1. The van der Waals surface area contributed by atoms with Crippen LogP contribution in [-0.2, 0) is 4.79 Å². The van der Waals surface area contributed by atoms with Gasteiger partial charge in [0.2, 0.25) is 5.91 Å². The molecule has 2 N–H and O–H groups in total. The van der Waals surface area contributed by atoms with E-state index < -0.39 is 0 Å². The average molecular weight is 266 g/mol. The summed E-state index contributed by atoms with van der Waals surface area (Å²) < 4.78 is 0. The minimum Gasteiger partial charge on any atom is -0.342 e. The number of likely N-dealkylation sites (tertiary alicyclic amines) is 1. The van der Waals surface area contributed by atoms with Crippen LogP contribution in [0.3, 0.4) is 0 Å². The van der Waals surface area contributed by atoms with Gasteiger partial charge in [-0.25, -0.2) is 0 Å². The molecule has 2 rings (SSSR count). The van der Waals surface area contributed by atoms with Gasteiger partial charge >= 0.3 is 0 Å². The van der Waals surface area contributed by atoms with Gasteiger partial charge in [-0.1, -0.05) is 20.8 Å². The Morgan fingerprint density at radius 2 is 1.79 bits per heavy atom. The molecule has 1 amide bonds. The van der Waals surface area contributed by atoms with Crippen LogP contribution < -0.4 is 5.73 Å². The highest BCUT2D eigenvalue weighted by atomic mass is 16.2. The monoisotopic (exact) mass is 266 g/mol. The lowest BCUT2D eigenvalue weighted by Crippen LogP contribution is -2.47. The predicted molar refractivity (Wildman–Crippen MR) is 78.6 cm³/mol. The third kappa shape index (κ3) is 3.50. The maximum atomic E-state index is 12.7. The number of nitrogens with two attached hydrogens (primary N) is 1. The highest BCUT2D eigenvalue weighted by Crippen LogP contribution is 2.32. The fourth-order valence-corrected chi connectivity index (χ4v) is 3.72. The molecule has 1 aliphatic heterocycles. The topological polar surface area (TPSA) is 46.3 Å². The van der Waals surface area contributed by atoms with Crippen LogP contribution in [0.4, 0.5) is 0 Å². The zero-order valence-electron chi connectivity index (χ0n) is 12.8. The van der Waals surface area contributed by atoms with E-state index >= 15 is 0 Å². The number of amides is 1. The van der Waals surface area contributed by atoms with Crippen LogP contribution >= 0.6 is 0 Å². The first-order valence-corrected chi connectivity index (χ1v) is 8.03. The van der Waals surface area contributed by atoms with E-state index in [1.165, 1.54) is 12.8 Å². The van der Waals surface area contributed by atoms with Crippen molar-refractivity contribution in [3.63, 3.8) is 0 Å². The maximum absolute atomic E-state index is 12.7. The normalized spacial score (nSPS) is 33.7. The summed E-state index contributed by atoms with van der Waals surface area (Å²) in [6, 6.07) is 0.235. The van der Waals surface area contributed by atoms with Crippen LogP contribution in [0.2, 0.25) is 0 Å². The van der Waals surface area contributed by atoms with Crippen LogP contribution in [0.25, 0.3) is 0 Å². The standard InChI is InChI=1S/C16H30N2O/c1-11(2)13-6-8-18(9-7-13)16(19)15-10-14(17)5-4-12(15)3/h11-15H,4-10,17H2,1-3H3. The summed E-state index contributed by atoms with van der Waals surface area (Å²) in [4.78, 5) is 14.8. The molecular weight excluding hydrogens is 236 g/mol. The molecule has 2 aliphatic rings. The molecule has 0 bridgehead atoms. The van der Waals surface area contributed by atoms with Crippen molar-refractivity contribution >= 4 is 5.91 Å². The lowest BCUT2D eigenvalue weighted by molar-refractivity contribution is -0.140. The third-order valence-electron chi connectivity index (χ3n) is 5.35. The van der Waals surface area contributed by atoms with Gasteiger partial charge in [-0.2, -0.15) is 0 Å².